The van der Waals surface area contributed by atoms with Crippen LogP contribution in [-0.4, -0.2) is 49.1 Å². The lowest BCUT2D eigenvalue weighted by molar-refractivity contribution is -0.138. The van der Waals surface area contributed by atoms with E-state index >= 15 is 0 Å². The van der Waals surface area contributed by atoms with Crippen LogP contribution in [0.3, 0.4) is 0 Å². The number of nitrogens with zero attached hydrogens (tertiary/aromatic N) is 1. The largest absolute Gasteiger partial charge is 0.375 e. The number of carbonyl (C=O) groups is 2. The van der Waals surface area contributed by atoms with E-state index in [9.17, 15) is 9.59 Å². The Bertz CT molecular complexity index is 447. The van der Waals surface area contributed by atoms with Gasteiger partial charge in [-0.3, -0.25) is 9.59 Å². The van der Waals surface area contributed by atoms with Crippen LogP contribution in [0.4, 0.5) is 0 Å². The molecule has 1 aromatic heterocycles. The summed E-state index contributed by atoms with van der Waals surface area (Å²) in [6.07, 6.45) is 1.25. The van der Waals surface area contributed by atoms with Crippen molar-refractivity contribution in [1.29, 1.82) is 0 Å². The fraction of sp³-hybridized carbons (Fsp3) is 0.571. The molecule has 1 aromatic rings. The maximum absolute atomic E-state index is 12.0. The lowest BCUT2D eigenvalue weighted by Gasteiger charge is -2.31. The maximum atomic E-state index is 12.0. The summed E-state index contributed by atoms with van der Waals surface area (Å²) in [4.78, 5) is 25.5. The fourth-order valence-electron chi connectivity index (χ4n) is 2.14. The number of hydrogen-bond donors (Lipinski definition) is 1. The average molecular weight is 296 g/mol. The van der Waals surface area contributed by atoms with Crippen LogP contribution in [0.5, 0.6) is 0 Å². The molecule has 20 heavy (non-hydrogen) atoms. The van der Waals surface area contributed by atoms with E-state index in [1.54, 1.807) is 6.07 Å². The van der Waals surface area contributed by atoms with Gasteiger partial charge in [0, 0.05) is 37.0 Å². The first-order valence-electron chi connectivity index (χ1n) is 6.86. The second-order valence-corrected chi connectivity index (χ2v) is 5.67. The van der Waals surface area contributed by atoms with Crippen LogP contribution in [-0.2, 0) is 9.53 Å². The predicted octanol–water partition coefficient (Wildman–Crippen LogP) is 1.51. The molecule has 2 amide bonds. The zero-order valence-electron chi connectivity index (χ0n) is 11.6. The number of thiophene rings is 1. The molecule has 1 fully saturated rings. The Morgan fingerprint density at radius 3 is 3.10 bits per heavy atom. The van der Waals surface area contributed by atoms with Crippen LogP contribution < -0.4 is 5.32 Å². The Balaban J connectivity index is 1.63. The molecule has 6 heteroatoms. The molecular weight excluding hydrogens is 276 g/mol. The normalized spacial score (nSPS) is 18.9. The molecule has 1 saturated heterocycles. The summed E-state index contributed by atoms with van der Waals surface area (Å²) in [5, 5.41) is 6.51. The molecular formula is C14H20N2O3S. The summed E-state index contributed by atoms with van der Waals surface area (Å²) >= 11 is 1.50. The van der Waals surface area contributed by atoms with Gasteiger partial charge in [0.25, 0.3) is 5.91 Å². The van der Waals surface area contributed by atoms with Gasteiger partial charge in [-0.2, -0.15) is 11.3 Å². The maximum Gasteiger partial charge on any atom is 0.252 e. The third-order valence-electron chi connectivity index (χ3n) is 3.23. The SMILES string of the molecule is CC1CN(C(=O)CCCNC(=O)c2ccsc2)CCO1. The van der Waals surface area contributed by atoms with Gasteiger partial charge in [-0.25, -0.2) is 0 Å². The van der Waals surface area contributed by atoms with Gasteiger partial charge >= 0.3 is 0 Å². The van der Waals surface area contributed by atoms with E-state index in [2.05, 4.69) is 5.32 Å². The van der Waals surface area contributed by atoms with Crippen molar-refractivity contribution < 1.29 is 14.3 Å². The molecule has 5 nitrogen and oxygen atoms in total. The molecule has 0 aromatic carbocycles. The fourth-order valence-corrected chi connectivity index (χ4v) is 2.78. The topological polar surface area (TPSA) is 58.6 Å². The first kappa shape index (κ1) is 15.0. The smallest absolute Gasteiger partial charge is 0.252 e. The van der Waals surface area contributed by atoms with Crippen molar-refractivity contribution in [3.63, 3.8) is 0 Å². The number of hydrogen-bond acceptors (Lipinski definition) is 4. The lowest BCUT2D eigenvalue weighted by Crippen LogP contribution is -2.44. The minimum atomic E-state index is -0.0707. The van der Waals surface area contributed by atoms with E-state index in [0.29, 0.717) is 44.6 Å². The van der Waals surface area contributed by atoms with E-state index in [4.69, 9.17) is 4.74 Å². The number of morpholine rings is 1. The van der Waals surface area contributed by atoms with Gasteiger partial charge in [0.15, 0.2) is 0 Å². The predicted molar refractivity (Wildman–Crippen MR) is 77.9 cm³/mol. The molecule has 0 bridgehead atoms. The van der Waals surface area contributed by atoms with Gasteiger partial charge in [-0.15, -0.1) is 0 Å². The number of nitrogens with one attached hydrogen (secondary N) is 1. The van der Waals surface area contributed by atoms with Crippen LogP contribution in [0.25, 0.3) is 0 Å². The van der Waals surface area contributed by atoms with Crippen LogP contribution >= 0.6 is 11.3 Å². The van der Waals surface area contributed by atoms with Crippen LogP contribution in [0.15, 0.2) is 16.8 Å². The molecule has 1 aliphatic rings. The van der Waals surface area contributed by atoms with E-state index in [-0.39, 0.29) is 17.9 Å². The molecule has 1 unspecified atom stereocenters. The van der Waals surface area contributed by atoms with E-state index < -0.39 is 0 Å². The molecule has 1 N–H and O–H groups in total. The van der Waals surface area contributed by atoms with Gasteiger partial charge in [-0.05, 0) is 24.8 Å². The molecule has 1 atom stereocenters. The summed E-state index contributed by atoms with van der Waals surface area (Å²) in [6.45, 7) is 4.45. The second kappa shape index (κ2) is 7.40. The first-order valence-corrected chi connectivity index (χ1v) is 7.81. The van der Waals surface area contributed by atoms with Gasteiger partial charge in [0.2, 0.25) is 5.91 Å². The highest BCUT2D eigenvalue weighted by molar-refractivity contribution is 7.08. The van der Waals surface area contributed by atoms with Gasteiger partial charge in [0.05, 0.1) is 12.7 Å². The summed E-state index contributed by atoms with van der Waals surface area (Å²) in [7, 11) is 0. The summed E-state index contributed by atoms with van der Waals surface area (Å²) in [5.41, 5.74) is 0.684. The van der Waals surface area contributed by atoms with Crippen molar-refractivity contribution in [2.24, 2.45) is 0 Å². The van der Waals surface area contributed by atoms with Crippen LogP contribution in [0, 0.1) is 0 Å². The number of carbonyl (C=O) groups excluding carboxylic acids is 2. The molecule has 0 saturated carbocycles. The van der Waals surface area contributed by atoms with Crippen molar-refractivity contribution in [2.75, 3.05) is 26.2 Å². The number of amides is 2. The zero-order valence-corrected chi connectivity index (χ0v) is 12.4. The first-order chi connectivity index (χ1) is 9.66. The molecule has 2 rings (SSSR count). The molecule has 2 heterocycles. The Kier molecular flexibility index (Phi) is 5.55. The van der Waals surface area contributed by atoms with Crippen molar-refractivity contribution in [3.05, 3.63) is 22.4 Å². The van der Waals surface area contributed by atoms with Crippen LogP contribution in [0.1, 0.15) is 30.1 Å². The van der Waals surface area contributed by atoms with E-state index in [1.165, 1.54) is 11.3 Å². The third kappa shape index (κ3) is 4.31. The van der Waals surface area contributed by atoms with Crippen molar-refractivity contribution in [1.82, 2.24) is 10.2 Å². The Morgan fingerprint density at radius 1 is 1.55 bits per heavy atom. The molecule has 110 valence electrons. The third-order valence-corrected chi connectivity index (χ3v) is 3.91. The molecule has 0 aliphatic carbocycles. The highest BCUT2D eigenvalue weighted by Gasteiger charge is 2.20. The van der Waals surface area contributed by atoms with Crippen LogP contribution in [0.2, 0.25) is 0 Å². The summed E-state index contributed by atoms with van der Waals surface area (Å²) < 4.78 is 5.41. The standard InChI is InChI=1S/C14H20N2O3S/c1-11-9-16(6-7-19-11)13(17)3-2-5-15-14(18)12-4-8-20-10-12/h4,8,10-11H,2-3,5-7,9H2,1H3,(H,15,18). The molecule has 0 radical (unpaired) electrons. The van der Waals surface area contributed by atoms with Gasteiger partial charge in [-0.1, -0.05) is 0 Å². The Hall–Kier alpha value is -1.40. The lowest BCUT2D eigenvalue weighted by atomic mass is 10.2. The molecule has 0 spiro atoms. The summed E-state index contributed by atoms with van der Waals surface area (Å²) in [5.74, 6) is 0.0728. The summed E-state index contributed by atoms with van der Waals surface area (Å²) in [6, 6.07) is 1.79. The van der Waals surface area contributed by atoms with Gasteiger partial charge in [0.1, 0.15) is 0 Å². The number of ether oxygens (including phenoxy) is 1. The monoisotopic (exact) mass is 296 g/mol. The van der Waals surface area contributed by atoms with Gasteiger partial charge < -0.3 is 15.0 Å². The zero-order chi connectivity index (χ0) is 14.4. The van der Waals surface area contributed by atoms with Crippen molar-refractivity contribution in [3.8, 4) is 0 Å². The Labute approximate surface area is 122 Å². The Morgan fingerprint density at radius 2 is 2.40 bits per heavy atom. The minimum Gasteiger partial charge on any atom is -0.375 e. The highest BCUT2D eigenvalue weighted by atomic mass is 32.1. The van der Waals surface area contributed by atoms with Crippen molar-refractivity contribution >= 4 is 23.2 Å². The quantitative estimate of drug-likeness (QED) is 0.838. The second-order valence-electron chi connectivity index (χ2n) is 4.89. The minimum absolute atomic E-state index is 0.0707. The van der Waals surface area contributed by atoms with Crippen molar-refractivity contribution in [2.45, 2.75) is 25.9 Å². The average Bonchev–Trinajstić information content (AvgIpc) is 2.97. The number of rotatable bonds is 5. The van der Waals surface area contributed by atoms with E-state index in [0.717, 1.165) is 0 Å². The highest BCUT2D eigenvalue weighted by Crippen LogP contribution is 2.08. The van der Waals surface area contributed by atoms with E-state index in [1.807, 2.05) is 22.6 Å². The molecule has 1 aliphatic heterocycles.